The number of hydrogen-bond acceptors (Lipinski definition) is 4. The van der Waals surface area contributed by atoms with Crippen LogP contribution in [-0.2, 0) is 19.1 Å². The van der Waals surface area contributed by atoms with E-state index in [4.69, 9.17) is 4.74 Å². The Hall–Kier alpha value is -2.54. The van der Waals surface area contributed by atoms with Crippen LogP contribution in [0, 0.1) is 0 Å². The van der Waals surface area contributed by atoms with Gasteiger partial charge in [-0.2, -0.15) is 5.10 Å². The van der Waals surface area contributed by atoms with Crippen molar-refractivity contribution >= 4 is 5.96 Å². The van der Waals surface area contributed by atoms with Crippen molar-refractivity contribution in [2.24, 2.45) is 12.0 Å². The quantitative estimate of drug-likeness (QED) is 0.355. The van der Waals surface area contributed by atoms with E-state index < -0.39 is 5.60 Å². The Morgan fingerprint density at radius 1 is 1.37 bits per heavy atom. The Kier molecular flexibility index (Phi) is 7.67. The summed E-state index contributed by atoms with van der Waals surface area (Å²) in [6.07, 6.45) is 5.40. The molecule has 7 nitrogen and oxygen atoms in total. The lowest BCUT2D eigenvalue weighted by molar-refractivity contribution is 0.0672. The number of benzene rings is 1. The van der Waals surface area contributed by atoms with E-state index in [0.29, 0.717) is 5.96 Å². The molecule has 27 heavy (non-hydrogen) atoms. The number of rotatable bonds is 9. The first-order valence-electron chi connectivity index (χ1n) is 9.31. The monoisotopic (exact) mass is 373 g/mol. The van der Waals surface area contributed by atoms with Gasteiger partial charge < -0.3 is 20.5 Å². The first-order valence-corrected chi connectivity index (χ1v) is 9.31. The zero-order chi connectivity index (χ0) is 19.7. The van der Waals surface area contributed by atoms with E-state index in [0.717, 1.165) is 37.2 Å². The molecule has 1 unspecified atom stereocenters. The van der Waals surface area contributed by atoms with Crippen LogP contribution >= 0.6 is 0 Å². The molecule has 0 aliphatic heterocycles. The van der Waals surface area contributed by atoms with Gasteiger partial charge in [0.15, 0.2) is 5.96 Å². The number of aliphatic hydroxyl groups is 1. The van der Waals surface area contributed by atoms with Crippen LogP contribution < -0.4 is 15.4 Å². The molecule has 0 aliphatic rings. The second-order valence-electron chi connectivity index (χ2n) is 6.75. The molecule has 1 atom stereocenters. The van der Waals surface area contributed by atoms with E-state index in [1.54, 1.807) is 24.9 Å². The highest BCUT2D eigenvalue weighted by atomic mass is 16.5. The average Bonchev–Trinajstić information content (AvgIpc) is 3.10. The standard InChI is InChI=1S/C20H31N5O2/c1-5-21-19(23-15-20(2,26)17-13-24-25(3)14-17)22-11-7-9-16-8-6-10-18(12-16)27-4/h6,8,10,12-14,26H,5,7,9,11,15H2,1-4H3,(H2,21,22,23). The van der Waals surface area contributed by atoms with Gasteiger partial charge in [-0.25, -0.2) is 4.99 Å². The van der Waals surface area contributed by atoms with Crippen LogP contribution in [0.5, 0.6) is 5.75 Å². The largest absolute Gasteiger partial charge is 0.497 e. The molecule has 2 rings (SSSR count). The second kappa shape index (κ2) is 9.97. The van der Waals surface area contributed by atoms with Gasteiger partial charge >= 0.3 is 0 Å². The third-order valence-corrected chi connectivity index (χ3v) is 4.28. The highest BCUT2D eigenvalue weighted by Crippen LogP contribution is 2.19. The van der Waals surface area contributed by atoms with Gasteiger partial charge in [-0.05, 0) is 44.4 Å². The summed E-state index contributed by atoms with van der Waals surface area (Å²) in [5.41, 5.74) is 0.942. The van der Waals surface area contributed by atoms with E-state index in [9.17, 15) is 5.11 Å². The summed E-state index contributed by atoms with van der Waals surface area (Å²) >= 11 is 0. The molecule has 0 radical (unpaired) electrons. The SMILES string of the molecule is CCNC(=NCC(C)(O)c1cnn(C)c1)NCCCc1cccc(OC)c1. The number of hydrogen-bond donors (Lipinski definition) is 3. The van der Waals surface area contributed by atoms with Crippen LogP contribution in [-0.4, -0.2) is 47.6 Å². The Morgan fingerprint density at radius 3 is 2.85 bits per heavy atom. The summed E-state index contributed by atoms with van der Waals surface area (Å²) in [7, 11) is 3.51. The van der Waals surface area contributed by atoms with Gasteiger partial charge in [0.2, 0.25) is 0 Å². The lowest BCUT2D eigenvalue weighted by atomic mass is 10.0. The fourth-order valence-electron chi connectivity index (χ4n) is 2.69. The van der Waals surface area contributed by atoms with E-state index >= 15 is 0 Å². The van der Waals surface area contributed by atoms with Crippen LogP contribution in [0.25, 0.3) is 0 Å². The molecule has 1 heterocycles. The van der Waals surface area contributed by atoms with Gasteiger partial charge in [-0.15, -0.1) is 0 Å². The Bertz CT molecular complexity index is 739. The minimum absolute atomic E-state index is 0.254. The number of aliphatic imine (C=N–C) groups is 1. The summed E-state index contributed by atoms with van der Waals surface area (Å²) in [5, 5.41) is 21.3. The van der Waals surface area contributed by atoms with Gasteiger partial charge in [-0.3, -0.25) is 4.68 Å². The topological polar surface area (TPSA) is 83.7 Å². The predicted molar refractivity (Wildman–Crippen MR) is 108 cm³/mol. The van der Waals surface area contributed by atoms with Crippen LogP contribution in [0.1, 0.15) is 31.4 Å². The summed E-state index contributed by atoms with van der Waals surface area (Å²) in [5.74, 6) is 1.58. The number of methoxy groups -OCH3 is 1. The third kappa shape index (κ3) is 6.60. The van der Waals surface area contributed by atoms with Gasteiger partial charge in [0, 0.05) is 31.9 Å². The molecule has 1 aromatic carbocycles. The molecule has 2 aromatic rings. The molecule has 0 amide bonds. The van der Waals surface area contributed by atoms with Crippen molar-refractivity contribution in [2.75, 3.05) is 26.7 Å². The predicted octanol–water partition coefficient (Wildman–Crippen LogP) is 1.82. The number of ether oxygens (including phenoxy) is 1. The normalized spacial score (nSPS) is 13.9. The minimum Gasteiger partial charge on any atom is -0.497 e. The maximum Gasteiger partial charge on any atom is 0.191 e. The van der Waals surface area contributed by atoms with Crippen LogP contribution in [0.3, 0.4) is 0 Å². The van der Waals surface area contributed by atoms with Crippen molar-refractivity contribution in [3.63, 3.8) is 0 Å². The van der Waals surface area contributed by atoms with Crippen molar-refractivity contribution in [2.45, 2.75) is 32.3 Å². The van der Waals surface area contributed by atoms with Crippen molar-refractivity contribution < 1.29 is 9.84 Å². The fraction of sp³-hybridized carbons (Fsp3) is 0.500. The summed E-state index contributed by atoms with van der Waals surface area (Å²) in [6, 6.07) is 8.12. The Morgan fingerprint density at radius 2 is 2.19 bits per heavy atom. The van der Waals surface area contributed by atoms with Crippen molar-refractivity contribution in [1.82, 2.24) is 20.4 Å². The van der Waals surface area contributed by atoms with Crippen LogP contribution in [0.2, 0.25) is 0 Å². The molecule has 0 saturated heterocycles. The zero-order valence-corrected chi connectivity index (χ0v) is 16.7. The van der Waals surface area contributed by atoms with E-state index in [1.807, 2.05) is 32.3 Å². The zero-order valence-electron chi connectivity index (χ0n) is 16.7. The maximum atomic E-state index is 10.7. The lowest BCUT2D eigenvalue weighted by Crippen LogP contribution is -2.39. The summed E-state index contributed by atoms with van der Waals surface area (Å²) in [6.45, 7) is 5.57. The number of nitrogens with zero attached hydrogens (tertiary/aromatic N) is 3. The molecule has 0 aliphatic carbocycles. The van der Waals surface area contributed by atoms with E-state index in [1.165, 1.54) is 5.56 Å². The number of nitrogens with one attached hydrogen (secondary N) is 2. The molecule has 3 N–H and O–H groups in total. The van der Waals surface area contributed by atoms with E-state index in [2.05, 4.69) is 32.9 Å². The third-order valence-electron chi connectivity index (χ3n) is 4.28. The Balaban J connectivity index is 1.85. The Labute approximate surface area is 161 Å². The molecule has 0 fully saturated rings. The first kappa shape index (κ1) is 20.8. The van der Waals surface area contributed by atoms with Crippen molar-refractivity contribution in [3.8, 4) is 5.75 Å². The van der Waals surface area contributed by atoms with Crippen molar-refractivity contribution in [3.05, 3.63) is 47.8 Å². The minimum atomic E-state index is -1.06. The van der Waals surface area contributed by atoms with Gasteiger partial charge in [-0.1, -0.05) is 12.1 Å². The second-order valence-corrected chi connectivity index (χ2v) is 6.75. The van der Waals surface area contributed by atoms with Gasteiger partial charge in [0.25, 0.3) is 0 Å². The summed E-state index contributed by atoms with van der Waals surface area (Å²) < 4.78 is 6.93. The molecule has 148 valence electrons. The molecule has 0 saturated carbocycles. The van der Waals surface area contributed by atoms with Crippen molar-refractivity contribution in [1.29, 1.82) is 0 Å². The first-order chi connectivity index (χ1) is 12.9. The molecular weight excluding hydrogens is 342 g/mol. The van der Waals surface area contributed by atoms with Crippen LogP contribution in [0.15, 0.2) is 41.7 Å². The van der Waals surface area contributed by atoms with Crippen LogP contribution in [0.4, 0.5) is 0 Å². The highest BCUT2D eigenvalue weighted by molar-refractivity contribution is 5.79. The molecule has 1 aromatic heterocycles. The highest BCUT2D eigenvalue weighted by Gasteiger charge is 2.24. The van der Waals surface area contributed by atoms with E-state index in [-0.39, 0.29) is 6.54 Å². The number of aryl methyl sites for hydroxylation is 2. The van der Waals surface area contributed by atoms with Gasteiger partial charge in [0.05, 0.1) is 19.9 Å². The average molecular weight is 374 g/mol. The number of aromatic nitrogens is 2. The van der Waals surface area contributed by atoms with Gasteiger partial charge in [0.1, 0.15) is 11.4 Å². The molecular formula is C20H31N5O2. The smallest absolute Gasteiger partial charge is 0.191 e. The molecule has 0 spiro atoms. The number of guanidine groups is 1. The fourth-order valence-corrected chi connectivity index (χ4v) is 2.69. The molecule has 0 bridgehead atoms. The lowest BCUT2D eigenvalue weighted by Gasteiger charge is -2.20. The molecule has 7 heteroatoms. The summed E-state index contributed by atoms with van der Waals surface area (Å²) in [4.78, 5) is 4.53. The maximum absolute atomic E-state index is 10.7.